The van der Waals surface area contributed by atoms with Crippen LogP contribution < -0.4 is 10.1 Å². The minimum Gasteiger partial charge on any atom is -0.481 e. The Morgan fingerprint density at radius 1 is 1.45 bits per heavy atom. The van der Waals surface area contributed by atoms with Crippen molar-refractivity contribution in [3.05, 3.63) is 29.8 Å². The zero-order valence-corrected chi connectivity index (χ0v) is 13.3. The number of carbonyl (C=O) groups is 1. The Bertz CT molecular complexity index is 496. The molecular weight excluding hydrogens is 314 g/mol. The van der Waals surface area contributed by atoms with Gasteiger partial charge in [-0.1, -0.05) is 6.92 Å². The van der Waals surface area contributed by atoms with Crippen LogP contribution in [0.3, 0.4) is 0 Å². The molecule has 1 aliphatic rings. The lowest BCUT2D eigenvalue weighted by Gasteiger charge is -2.28. The van der Waals surface area contributed by atoms with E-state index >= 15 is 0 Å². The van der Waals surface area contributed by atoms with Gasteiger partial charge in [0.1, 0.15) is 5.82 Å². The lowest BCUT2D eigenvalue weighted by atomic mass is 10.2. The molecule has 0 radical (unpaired) electrons. The molecule has 0 aromatic heterocycles. The predicted molar refractivity (Wildman–Crippen MR) is 82.4 cm³/mol. The van der Waals surface area contributed by atoms with Gasteiger partial charge in [0, 0.05) is 25.2 Å². The summed E-state index contributed by atoms with van der Waals surface area (Å²) in [5.41, 5.74) is 0. The van der Waals surface area contributed by atoms with Crippen LogP contribution in [0.4, 0.5) is 8.78 Å². The largest absolute Gasteiger partial charge is 0.481 e. The van der Waals surface area contributed by atoms with E-state index in [0.717, 1.165) is 38.1 Å². The number of ether oxygens (including phenoxy) is 1. The van der Waals surface area contributed by atoms with Crippen molar-refractivity contribution in [3.8, 4) is 5.75 Å². The Hall–Kier alpha value is -1.40. The lowest BCUT2D eigenvalue weighted by Crippen LogP contribution is -2.44. The summed E-state index contributed by atoms with van der Waals surface area (Å²) in [5, 5.41) is 3.22. The summed E-state index contributed by atoms with van der Waals surface area (Å²) in [4.78, 5) is 14.0. The van der Waals surface area contributed by atoms with Gasteiger partial charge in [-0.15, -0.1) is 12.4 Å². The predicted octanol–water partition coefficient (Wildman–Crippen LogP) is 2.37. The van der Waals surface area contributed by atoms with Crippen LogP contribution in [0.15, 0.2) is 18.2 Å². The molecule has 0 spiro atoms. The summed E-state index contributed by atoms with van der Waals surface area (Å²) < 4.78 is 31.4. The number of rotatable bonds is 6. The molecule has 0 bridgehead atoms. The first-order valence-corrected chi connectivity index (χ1v) is 7.20. The van der Waals surface area contributed by atoms with Crippen LogP contribution in [0, 0.1) is 11.6 Å². The van der Waals surface area contributed by atoms with Gasteiger partial charge in [0.15, 0.2) is 18.2 Å². The number of hydrogen-bond donors (Lipinski definition) is 1. The number of carbonyl (C=O) groups excluding carboxylic acids is 1. The van der Waals surface area contributed by atoms with Crippen molar-refractivity contribution in [1.82, 2.24) is 10.2 Å². The fourth-order valence-electron chi connectivity index (χ4n) is 2.47. The summed E-state index contributed by atoms with van der Waals surface area (Å²) in [6.45, 7) is 4.09. The first kappa shape index (κ1) is 18.6. The van der Waals surface area contributed by atoms with Crippen LogP contribution >= 0.6 is 12.4 Å². The van der Waals surface area contributed by atoms with Gasteiger partial charge in [-0.2, -0.15) is 0 Å². The van der Waals surface area contributed by atoms with E-state index in [1.54, 1.807) is 4.90 Å². The van der Waals surface area contributed by atoms with Crippen LogP contribution in [0.1, 0.15) is 19.8 Å². The molecule has 1 aromatic rings. The number of amides is 1. The van der Waals surface area contributed by atoms with E-state index in [-0.39, 0.29) is 36.7 Å². The van der Waals surface area contributed by atoms with E-state index in [1.165, 1.54) is 6.07 Å². The molecule has 124 valence electrons. The first-order valence-electron chi connectivity index (χ1n) is 7.20. The van der Waals surface area contributed by atoms with Crippen molar-refractivity contribution in [2.75, 3.05) is 26.2 Å². The standard InChI is InChI=1S/C15H20F2N2O2.ClH/c1-2-7-19(12-5-6-18-9-12)15(20)10-21-14-4-3-11(16)8-13(14)17;/h3-4,8,12,18H,2,5-7,9-10H2,1H3;1H. The number of halogens is 3. The van der Waals surface area contributed by atoms with E-state index in [1.807, 2.05) is 6.92 Å². The van der Waals surface area contributed by atoms with Crippen molar-refractivity contribution < 1.29 is 18.3 Å². The normalized spacial score (nSPS) is 17.0. The van der Waals surface area contributed by atoms with Gasteiger partial charge >= 0.3 is 0 Å². The van der Waals surface area contributed by atoms with Crippen molar-refractivity contribution >= 4 is 18.3 Å². The molecule has 0 saturated carbocycles. The number of nitrogens with zero attached hydrogens (tertiary/aromatic N) is 1. The second kappa shape index (κ2) is 8.90. The summed E-state index contributed by atoms with van der Waals surface area (Å²) in [6.07, 6.45) is 1.77. The third-order valence-electron chi connectivity index (χ3n) is 3.51. The maximum absolute atomic E-state index is 13.5. The van der Waals surface area contributed by atoms with Crippen molar-refractivity contribution in [2.45, 2.75) is 25.8 Å². The van der Waals surface area contributed by atoms with Gasteiger partial charge < -0.3 is 15.0 Å². The average Bonchev–Trinajstić information content (AvgIpc) is 2.97. The Labute approximate surface area is 135 Å². The molecule has 1 heterocycles. The molecular formula is C15H21ClF2N2O2. The maximum atomic E-state index is 13.5. The molecule has 4 nitrogen and oxygen atoms in total. The van der Waals surface area contributed by atoms with Crippen LogP contribution in [0.5, 0.6) is 5.75 Å². The quantitative estimate of drug-likeness (QED) is 0.868. The molecule has 1 aromatic carbocycles. The summed E-state index contributed by atoms with van der Waals surface area (Å²) >= 11 is 0. The Morgan fingerprint density at radius 2 is 2.23 bits per heavy atom. The van der Waals surface area contributed by atoms with Crippen molar-refractivity contribution in [1.29, 1.82) is 0 Å². The second-order valence-corrected chi connectivity index (χ2v) is 5.10. The van der Waals surface area contributed by atoms with Crippen molar-refractivity contribution in [2.24, 2.45) is 0 Å². The Morgan fingerprint density at radius 3 is 2.82 bits per heavy atom. The first-order chi connectivity index (χ1) is 10.1. The molecule has 0 aliphatic carbocycles. The second-order valence-electron chi connectivity index (χ2n) is 5.10. The highest BCUT2D eigenvalue weighted by atomic mass is 35.5. The fourth-order valence-corrected chi connectivity index (χ4v) is 2.47. The van der Waals surface area contributed by atoms with Crippen LogP contribution in [-0.4, -0.2) is 43.1 Å². The van der Waals surface area contributed by atoms with Gasteiger partial charge in [-0.25, -0.2) is 8.78 Å². The summed E-state index contributed by atoms with van der Waals surface area (Å²) in [6, 6.07) is 3.20. The number of nitrogens with one attached hydrogen (secondary N) is 1. The number of hydrogen-bond acceptors (Lipinski definition) is 3. The highest BCUT2D eigenvalue weighted by Gasteiger charge is 2.26. The van der Waals surface area contributed by atoms with E-state index in [2.05, 4.69) is 5.32 Å². The molecule has 1 fully saturated rings. The van der Waals surface area contributed by atoms with Gasteiger partial charge in [0.05, 0.1) is 0 Å². The number of benzene rings is 1. The lowest BCUT2D eigenvalue weighted by molar-refractivity contribution is -0.135. The summed E-state index contributed by atoms with van der Waals surface area (Å²) in [7, 11) is 0. The average molecular weight is 335 g/mol. The van der Waals surface area contributed by atoms with Gasteiger partial charge in [-0.3, -0.25) is 4.79 Å². The zero-order chi connectivity index (χ0) is 15.2. The maximum Gasteiger partial charge on any atom is 0.260 e. The van der Waals surface area contributed by atoms with Crippen LogP contribution in [-0.2, 0) is 4.79 Å². The highest BCUT2D eigenvalue weighted by Crippen LogP contribution is 2.18. The van der Waals surface area contributed by atoms with E-state index in [0.29, 0.717) is 6.54 Å². The Balaban J connectivity index is 0.00000242. The smallest absolute Gasteiger partial charge is 0.260 e. The summed E-state index contributed by atoms with van der Waals surface area (Å²) in [5.74, 6) is -1.75. The van der Waals surface area contributed by atoms with E-state index in [9.17, 15) is 13.6 Å². The molecule has 1 N–H and O–H groups in total. The minimum atomic E-state index is -0.799. The molecule has 1 saturated heterocycles. The third-order valence-corrected chi connectivity index (χ3v) is 3.51. The fraction of sp³-hybridized carbons (Fsp3) is 0.533. The minimum absolute atomic E-state index is 0. The van der Waals surface area contributed by atoms with E-state index < -0.39 is 11.6 Å². The molecule has 1 unspecified atom stereocenters. The van der Waals surface area contributed by atoms with Gasteiger partial charge in [-0.05, 0) is 31.5 Å². The molecule has 1 atom stereocenters. The van der Waals surface area contributed by atoms with Crippen molar-refractivity contribution in [3.63, 3.8) is 0 Å². The molecule has 7 heteroatoms. The van der Waals surface area contributed by atoms with Crippen LogP contribution in [0.25, 0.3) is 0 Å². The molecule has 2 rings (SSSR count). The third kappa shape index (κ3) is 4.81. The van der Waals surface area contributed by atoms with Crippen LogP contribution in [0.2, 0.25) is 0 Å². The zero-order valence-electron chi connectivity index (χ0n) is 12.5. The topological polar surface area (TPSA) is 41.6 Å². The monoisotopic (exact) mass is 334 g/mol. The molecule has 22 heavy (non-hydrogen) atoms. The van der Waals surface area contributed by atoms with Gasteiger partial charge in [0.2, 0.25) is 0 Å². The SMILES string of the molecule is CCCN(C(=O)COc1ccc(F)cc1F)C1CCNC1.Cl. The molecule has 1 aliphatic heterocycles. The molecule has 1 amide bonds. The van der Waals surface area contributed by atoms with E-state index in [4.69, 9.17) is 4.74 Å². The Kier molecular flexibility index (Phi) is 7.55. The van der Waals surface area contributed by atoms with Gasteiger partial charge in [0.25, 0.3) is 5.91 Å². The highest BCUT2D eigenvalue weighted by molar-refractivity contribution is 5.85.